The molecule has 0 aliphatic heterocycles. The molecule has 0 fully saturated rings. The highest BCUT2D eigenvalue weighted by Gasteiger charge is 2.09. The van der Waals surface area contributed by atoms with Crippen LogP contribution in [-0.4, -0.2) is 18.4 Å². The zero-order valence-electron chi connectivity index (χ0n) is 18.5. The van der Waals surface area contributed by atoms with Crippen LogP contribution in [0, 0.1) is 5.92 Å². The molecule has 0 aliphatic rings. The molecule has 3 heteroatoms. The summed E-state index contributed by atoms with van der Waals surface area (Å²) in [6.45, 7) is 6.76. The largest absolute Gasteiger partial charge is 0.466 e. The minimum atomic E-state index is -0.0350. The normalized spacial score (nSPS) is 11.1. The van der Waals surface area contributed by atoms with Gasteiger partial charge in [-0.2, -0.15) is 0 Å². The summed E-state index contributed by atoms with van der Waals surface area (Å²) in [6.07, 6.45) is 19.2. The van der Waals surface area contributed by atoms with Crippen molar-refractivity contribution in [2.45, 2.75) is 130 Å². The first-order valence-electron chi connectivity index (χ1n) is 11.7. The lowest BCUT2D eigenvalue weighted by molar-refractivity contribution is -0.144. The quantitative estimate of drug-likeness (QED) is 0.163. The van der Waals surface area contributed by atoms with Crippen molar-refractivity contribution in [1.82, 2.24) is 0 Å². The number of carbonyl (C=O) groups excluding carboxylic acids is 2. The van der Waals surface area contributed by atoms with E-state index >= 15 is 0 Å². The van der Waals surface area contributed by atoms with Gasteiger partial charge in [0, 0.05) is 12.8 Å². The summed E-state index contributed by atoms with van der Waals surface area (Å²) in [5, 5.41) is 0. The van der Waals surface area contributed by atoms with Gasteiger partial charge in [-0.25, -0.2) is 0 Å². The molecular weight excluding hydrogens is 336 g/mol. The molecule has 0 unspecified atom stereocenters. The predicted octanol–water partition coefficient (Wildman–Crippen LogP) is 7.41. The van der Waals surface area contributed by atoms with Gasteiger partial charge in [0.15, 0.2) is 0 Å². The maximum absolute atomic E-state index is 11.8. The molecule has 0 amide bonds. The van der Waals surface area contributed by atoms with E-state index in [9.17, 15) is 9.59 Å². The lowest BCUT2D eigenvalue weighted by Gasteiger charge is -2.16. The standard InChI is InChI=1S/C24H46O3/c1-4-6-11-17-23(18-12-7-5-2)19-15-21-27-24(26)20-14-10-8-9-13-16-22(3)25/h23H,4-21H2,1-3H3. The van der Waals surface area contributed by atoms with Crippen molar-refractivity contribution < 1.29 is 14.3 Å². The Kier molecular flexibility index (Phi) is 19.3. The average molecular weight is 383 g/mol. The van der Waals surface area contributed by atoms with E-state index in [1.807, 2.05) is 0 Å². The molecule has 3 nitrogen and oxygen atoms in total. The second-order valence-electron chi connectivity index (χ2n) is 8.19. The molecule has 0 bridgehead atoms. The van der Waals surface area contributed by atoms with Crippen molar-refractivity contribution in [3.63, 3.8) is 0 Å². The van der Waals surface area contributed by atoms with E-state index in [0.29, 0.717) is 19.4 Å². The highest BCUT2D eigenvalue weighted by Crippen LogP contribution is 2.22. The zero-order chi connectivity index (χ0) is 20.2. The van der Waals surface area contributed by atoms with Gasteiger partial charge in [-0.15, -0.1) is 0 Å². The lowest BCUT2D eigenvalue weighted by Crippen LogP contribution is -2.08. The molecular formula is C24H46O3. The van der Waals surface area contributed by atoms with Gasteiger partial charge in [-0.1, -0.05) is 84.5 Å². The van der Waals surface area contributed by atoms with Crippen LogP contribution in [0.4, 0.5) is 0 Å². The first kappa shape index (κ1) is 26.1. The third kappa shape index (κ3) is 19.7. The number of ketones is 1. The van der Waals surface area contributed by atoms with E-state index in [2.05, 4.69) is 13.8 Å². The first-order valence-corrected chi connectivity index (χ1v) is 11.7. The van der Waals surface area contributed by atoms with E-state index in [1.54, 1.807) is 6.92 Å². The fourth-order valence-electron chi connectivity index (χ4n) is 3.60. The highest BCUT2D eigenvalue weighted by atomic mass is 16.5. The first-order chi connectivity index (χ1) is 13.1. The third-order valence-electron chi connectivity index (χ3n) is 5.36. The molecule has 0 atom stereocenters. The second kappa shape index (κ2) is 19.9. The van der Waals surface area contributed by atoms with Crippen LogP contribution in [0.15, 0.2) is 0 Å². The molecule has 0 radical (unpaired) electrons. The van der Waals surface area contributed by atoms with E-state index in [1.165, 1.54) is 57.8 Å². The van der Waals surface area contributed by atoms with Gasteiger partial charge >= 0.3 is 5.97 Å². The Morgan fingerprint density at radius 3 is 1.74 bits per heavy atom. The zero-order valence-corrected chi connectivity index (χ0v) is 18.5. The fraction of sp³-hybridized carbons (Fsp3) is 0.917. The Hall–Kier alpha value is -0.860. The summed E-state index contributed by atoms with van der Waals surface area (Å²) in [4.78, 5) is 22.7. The van der Waals surface area contributed by atoms with Gasteiger partial charge in [-0.3, -0.25) is 4.79 Å². The van der Waals surface area contributed by atoms with Crippen molar-refractivity contribution in [2.75, 3.05) is 6.61 Å². The summed E-state index contributed by atoms with van der Waals surface area (Å²) >= 11 is 0. The monoisotopic (exact) mass is 382 g/mol. The minimum Gasteiger partial charge on any atom is -0.466 e. The van der Waals surface area contributed by atoms with E-state index in [-0.39, 0.29) is 11.8 Å². The van der Waals surface area contributed by atoms with Crippen LogP contribution in [0.5, 0.6) is 0 Å². The molecule has 27 heavy (non-hydrogen) atoms. The summed E-state index contributed by atoms with van der Waals surface area (Å²) in [6, 6.07) is 0. The number of rotatable bonds is 20. The number of hydrogen-bond acceptors (Lipinski definition) is 3. The Bertz CT molecular complexity index is 342. The van der Waals surface area contributed by atoms with Gasteiger partial charge in [0.2, 0.25) is 0 Å². The van der Waals surface area contributed by atoms with E-state index in [0.717, 1.165) is 44.4 Å². The number of esters is 1. The van der Waals surface area contributed by atoms with Crippen LogP contribution in [0.3, 0.4) is 0 Å². The average Bonchev–Trinajstić information content (AvgIpc) is 2.64. The SMILES string of the molecule is CCCCCC(CCCCC)CCCOC(=O)CCCCCCCC(C)=O. The molecule has 0 N–H and O–H groups in total. The van der Waals surface area contributed by atoms with Crippen molar-refractivity contribution in [3.8, 4) is 0 Å². The van der Waals surface area contributed by atoms with Gasteiger partial charge in [0.25, 0.3) is 0 Å². The van der Waals surface area contributed by atoms with Crippen LogP contribution in [0.1, 0.15) is 130 Å². The summed E-state index contributed by atoms with van der Waals surface area (Å²) in [5.41, 5.74) is 0. The maximum atomic E-state index is 11.8. The van der Waals surface area contributed by atoms with Crippen LogP contribution in [0.25, 0.3) is 0 Å². The molecule has 0 aromatic heterocycles. The number of unbranched alkanes of at least 4 members (excludes halogenated alkanes) is 8. The Balaban J connectivity index is 3.65. The van der Waals surface area contributed by atoms with E-state index < -0.39 is 0 Å². The Morgan fingerprint density at radius 2 is 1.19 bits per heavy atom. The second-order valence-corrected chi connectivity index (χ2v) is 8.19. The number of ether oxygens (including phenoxy) is 1. The molecule has 160 valence electrons. The summed E-state index contributed by atoms with van der Waals surface area (Å²) in [7, 11) is 0. The van der Waals surface area contributed by atoms with Crippen molar-refractivity contribution >= 4 is 11.8 Å². The number of hydrogen-bond donors (Lipinski definition) is 0. The molecule has 0 aromatic carbocycles. The van der Waals surface area contributed by atoms with Crippen LogP contribution >= 0.6 is 0 Å². The maximum Gasteiger partial charge on any atom is 0.305 e. The molecule has 0 heterocycles. The van der Waals surface area contributed by atoms with Crippen molar-refractivity contribution in [2.24, 2.45) is 5.92 Å². The molecule has 0 aromatic rings. The topological polar surface area (TPSA) is 43.4 Å². The number of Topliss-reactive ketones (excluding diaryl/α,β-unsaturated/α-hetero) is 1. The van der Waals surface area contributed by atoms with Gasteiger partial charge < -0.3 is 9.53 Å². The number of carbonyl (C=O) groups is 2. The van der Waals surface area contributed by atoms with Crippen LogP contribution in [-0.2, 0) is 14.3 Å². The van der Waals surface area contributed by atoms with Gasteiger partial charge in [0.1, 0.15) is 5.78 Å². The lowest BCUT2D eigenvalue weighted by atomic mass is 9.91. The Morgan fingerprint density at radius 1 is 0.667 bits per heavy atom. The summed E-state index contributed by atoms with van der Waals surface area (Å²) in [5.74, 6) is 1.06. The summed E-state index contributed by atoms with van der Waals surface area (Å²) < 4.78 is 5.42. The smallest absolute Gasteiger partial charge is 0.305 e. The fourth-order valence-corrected chi connectivity index (χ4v) is 3.60. The molecule has 0 saturated heterocycles. The van der Waals surface area contributed by atoms with Gasteiger partial charge in [-0.05, 0) is 38.5 Å². The molecule has 0 spiro atoms. The van der Waals surface area contributed by atoms with Crippen molar-refractivity contribution in [3.05, 3.63) is 0 Å². The van der Waals surface area contributed by atoms with E-state index in [4.69, 9.17) is 4.74 Å². The third-order valence-corrected chi connectivity index (χ3v) is 5.36. The molecule has 0 saturated carbocycles. The highest BCUT2D eigenvalue weighted by molar-refractivity contribution is 5.75. The van der Waals surface area contributed by atoms with Crippen LogP contribution in [0.2, 0.25) is 0 Å². The molecule has 0 aliphatic carbocycles. The van der Waals surface area contributed by atoms with Crippen LogP contribution < -0.4 is 0 Å². The Labute approximate surface area is 169 Å². The van der Waals surface area contributed by atoms with Crippen molar-refractivity contribution in [1.29, 1.82) is 0 Å². The minimum absolute atomic E-state index is 0.0350. The molecule has 0 rings (SSSR count). The van der Waals surface area contributed by atoms with Gasteiger partial charge in [0.05, 0.1) is 6.61 Å². The predicted molar refractivity (Wildman–Crippen MR) is 115 cm³/mol.